The van der Waals surface area contributed by atoms with E-state index in [4.69, 9.17) is 10.3 Å². The summed E-state index contributed by atoms with van der Waals surface area (Å²) in [5.41, 5.74) is 5.37. The zero-order valence-corrected chi connectivity index (χ0v) is 8.64. The second kappa shape index (κ2) is 5.99. The van der Waals surface area contributed by atoms with Gasteiger partial charge in [-0.25, -0.2) is 0 Å². The van der Waals surface area contributed by atoms with Crippen LogP contribution < -0.4 is 5.73 Å². The van der Waals surface area contributed by atoms with Gasteiger partial charge in [0.25, 0.3) is 0 Å². The lowest BCUT2D eigenvalue weighted by atomic mass is 10.5. The Kier molecular flexibility index (Phi) is 4.85. The van der Waals surface area contributed by atoms with Crippen LogP contribution in [0.15, 0.2) is 4.52 Å². The SMILES string of the molecule is CCc1noc(CSCCCN)n1. The molecule has 1 heterocycles. The number of nitrogens with zero attached hydrogens (tertiary/aromatic N) is 2. The standard InChI is InChI=1S/C8H15N3OS/c1-2-7-10-8(12-11-7)6-13-5-3-4-9/h2-6,9H2,1H3. The van der Waals surface area contributed by atoms with E-state index in [1.54, 1.807) is 11.8 Å². The number of nitrogens with two attached hydrogens (primary N) is 1. The maximum atomic E-state index is 5.37. The molecule has 0 saturated heterocycles. The molecule has 0 saturated carbocycles. The van der Waals surface area contributed by atoms with Crippen LogP contribution >= 0.6 is 11.8 Å². The first-order valence-electron chi connectivity index (χ1n) is 4.46. The topological polar surface area (TPSA) is 64.9 Å². The Morgan fingerprint density at radius 2 is 2.38 bits per heavy atom. The molecule has 4 nitrogen and oxygen atoms in total. The third kappa shape index (κ3) is 3.78. The number of aromatic nitrogens is 2. The van der Waals surface area contributed by atoms with Gasteiger partial charge in [0.2, 0.25) is 5.89 Å². The average Bonchev–Trinajstić information content (AvgIpc) is 2.60. The molecular formula is C8H15N3OS. The average molecular weight is 201 g/mol. The van der Waals surface area contributed by atoms with Crippen molar-refractivity contribution in [2.24, 2.45) is 5.73 Å². The van der Waals surface area contributed by atoms with Gasteiger partial charge in [0.15, 0.2) is 5.82 Å². The second-order valence-electron chi connectivity index (χ2n) is 2.65. The summed E-state index contributed by atoms with van der Waals surface area (Å²) in [5, 5.41) is 3.81. The van der Waals surface area contributed by atoms with E-state index in [9.17, 15) is 0 Å². The van der Waals surface area contributed by atoms with Gasteiger partial charge < -0.3 is 10.3 Å². The fraction of sp³-hybridized carbons (Fsp3) is 0.750. The molecule has 0 unspecified atom stereocenters. The van der Waals surface area contributed by atoms with Crippen molar-refractivity contribution in [3.05, 3.63) is 11.7 Å². The lowest BCUT2D eigenvalue weighted by Crippen LogP contribution is -1.99. The van der Waals surface area contributed by atoms with E-state index < -0.39 is 0 Å². The fourth-order valence-corrected chi connectivity index (χ4v) is 1.64. The minimum Gasteiger partial charge on any atom is -0.338 e. The maximum absolute atomic E-state index is 5.37. The zero-order chi connectivity index (χ0) is 9.52. The van der Waals surface area contributed by atoms with Crippen LogP contribution in [0.5, 0.6) is 0 Å². The molecule has 0 radical (unpaired) electrons. The smallest absolute Gasteiger partial charge is 0.236 e. The first kappa shape index (κ1) is 10.5. The highest BCUT2D eigenvalue weighted by molar-refractivity contribution is 7.98. The highest BCUT2D eigenvalue weighted by Crippen LogP contribution is 2.10. The van der Waals surface area contributed by atoms with E-state index in [0.717, 1.165) is 42.6 Å². The molecule has 0 aliphatic rings. The Morgan fingerprint density at radius 1 is 1.54 bits per heavy atom. The van der Waals surface area contributed by atoms with Crippen LogP contribution in [-0.2, 0) is 12.2 Å². The Hall–Kier alpha value is -0.550. The molecule has 0 aliphatic heterocycles. The van der Waals surface area contributed by atoms with Crippen molar-refractivity contribution < 1.29 is 4.52 Å². The number of thioether (sulfide) groups is 1. The summed E-state index contributed by atoms with van der Waals surface area (Å²) in [6.45, 7) is 2.76. The molecule has 74 valence electrons. The van der Waals surface area contributed by atoms with E-state index >= 15 is 0 Å². The monoisotopic (exact) mass is 201 g/mol. The van der Waals surface area contributed by atoms with Crippen molar-refractivity contribution in [1.82, 2.24) is 10.1 Å². The minimum absolute atomic E-state index is 0.721. The van der Waals surface area contributed by atoms with Crippen molar-refractivity contribution in [1.29, 1.82) is 0 Å². The molecule has 1 aromatic rings. The van der Waals surface area contributed by atoms with Crippen molar-refractivity contribution >= 4 is 11.8 Å². The maximum Gasteiger partial charge on any atom is 0.236 e. The summed E-state index contributed by atoms with van der Waals surface area (Å²) in [7, 11) is 0. The second-order valence-corrected chi connectivity index (χ2v) is 3.76. The Bertz CT molecular complexity index is 239. The first-order chi connectivity index (χ1) is 6.36. The van der Waals surface area contributed by atoms with E-state index in [-0.39, 0.29) is 0 Å². The van der Waals surface area contributed by atoms with Gasteiger partial charge in [0.05, 0.1) is 5.75 Å². The van der Waals surface area contributed by atoms with Crippen molar-refractivity contribution in [2.45, 2.75) is 25.5 Å². The van der Waals surface area contributed by atoms with Gasteiger partial charge in [-0.1, -0.05) is 12.1 Å². The van der Waals surface area contributed by atoms with Gasteiger partial charge in [-0.3, -0.25) is 0 Å². The largest absolute Gasteiger partial charge is 0.338 e. The molecule has 1 rings (SSSR count). The van der Waals surface area contributed by atoms with E-state index in [1.807, 2.05) is 6.92 Å². The summed E-state index contributed by atoms with van der Waals surface area (Å²) in [4.78, 5) is 4.20. The molecule has 0 spiro atoms. The molecule has 0 aromatic carbocycles. The summed E-state index contributed by atoms with van der Waals surface area (Å²) < 4.78 is 5.02. The number of hydrogen-bond donors (Lipinski definition) is 1. The van der Waals surface area contributed by atoms with Crippen LogP contribution in [0.3, 0.4) is 0 Å². The summed E-state index contributed by atoms with van der Waals surface area (Å²) in [6, 6.07) is 0. The normalized spacial score (nSPS) is 10.6. The Morgan fingerprint density at radius 3 is 3.00 bits per heavy atom. The molecule has 2 N–H and O–H groups in total. The highest BCUT2D eigenvalue weighted by Gasteiger charge is 2.03. The third-order valence-electron chi connectivity index (χ3n) is 1.54. The van der Waals surface area contributed by atoms with Gasteiger partial charge in [0.1, 0.15) is 0 Å². The molecule has 0 fully saturated rings. The van der Waals surface area contributed by atoms with Crippen LogP contribution in [0.1, 0.15) is 25.1 Å². The van der Waals surface area contributed by atoms with Gasteiger partial charge in [-0.2, -0.15) is 16.7 Å². The van der Waals surface area contributed by atoms with Crippen LogP contribution in [0.4, 0.5) is 0 Å². The van der Waals surface area contributed by atoms with E-state index in [0.29, 0.717) is 0 Å². The van der Waals surface area contributed by atoms with Gasteiger partial charge in [-0.15, -0.1) is 0 Å². The van der Waals surface area contributed by atoms with E-state index in [2.05, 4.69) is 10.1 Å². The number of aryl methyl sites for hydroxylation is 1. The predicted molar refractivity (Wildman–Crippen MR) is 53.5 cm³/mol. The molecule has 0 aliphatic carbocycles. The van der Waals surface area contributed by atoms with Crippen LogP contribution in [0.2, 0.25) is 0 Å². The van der Waals surface area contributed by atoms with Crippen molar-refractivity contribution in [3.8, 4) is 0 Å². The highest BCUT2D eigenvalue weighted by atomic mass is 32.2. The third-order valence-corrected chi connectivity index (χ3v) is 2.57. The van der Waals surface area contributed by atoms with Crippen LogP contribution in [0.25, 0.3) is 0 Å². The van der Waals surface area contributed by atoms with Gasteiger partial charge >= 0.3 is 0 Å². The lowest BCUT2D eigenvalue weighted by molar-refractivity contribution is 0.385. The fourth-order valence-electron chi connectivity index (χ4n) is 0.837. The van der Waals surface area contributed by atoms with Crippen LogP contribution in [0, 0.1) is 0 Å². The summed E-state index contributed by atoms with van der Waals surface area (Å²) in [6.07, 6.45) is 1.87. The molecule has 1 aromatic heterocycles. The lowest BCUT2D eigenvalue weighted by Gasteiger charge is -1.94. The summed E-state index contributed by atoms with van der Waals surface area (Å²) in [5.74, 6) is 3.36. The predicted octanol–water partition coefficient (Wildman–Crippen LogP) is 1.21. The van der Waals surface area contributed by atoms with Gasteiger partial charge in [0, 0.05) is 6.42 Å². The first-order valence-corrected chi connectivity index (χ1v) is 5.61. The molecular weight excluding hydrogens is 186 g/mol. The number of rotatable bonds is 6. The molecule has 13 heavy (non-hydrogen) atoms. The van der Waals surface area contributed by atoms with E-state index in [1.165, 1.54) is 0 Å². The van der Waals surface area contributed by atoms with Gasteiger partial charge in [-0.05, 0) is 18.7 Å². The van der Waals surface area contributed by atoms with Crippen molar-refractivity contribution in [2.75, 3.05) is 12.3 Å². The quantitative estimate of drug-likeness (QED) is 0.701. The molecule has 0 amide bonds. The Balaban J connectivity index is 2.20. The van der Waals surface area contributed by atoms with Crippen LogP contribution in [-0.4, -0.2) is 22.4 Å². The Labute approximate surface area is 82.3 Å². The number of hydrogen-bond acceptors (Lipinski definition) is 5. The van der Waals surface area contributed by atoms with Crippen molar-refractivity contribution in [3.63, 3.8) is 0 Å². The molecule has 0 atom stereocenters. The molecule has 5 heteroatoms. The zero-order valence-electron chi connectivity index (χ0n) is 7.82. The molecule has 0 bridgehead atoms. The summed E-state index contributed by atoms with van der Waals surface area (Å²) >= 11 is 1.78. The minimum atomic E-state index is 0.721.